The molecule has 1 aromatic heterocycles. The molecule has 2 heterocycles. The smallest absolute Gasteiger partial charge is 0.319 e. The molecule has 0 radical (unpaired) electrons. The molecule has 1 unspecified atom stereocenters. The summed E-state index contributed by atoms with van der Waals surface area (Å²) in [5.74, 6) is 0.482. The van der Waals surface area contributed by atoms with E-state index in [1.54, 1.807) is 11.6 Å². The minimum Gasteiger partial charge on any atom is -0.319 e. The summed E-state index contributed by atoms with van der Waals surface area (Å²) in [6, 6.07) is 3.29. The molecular formula is C15H17F3N4O2S. The monoisotopic (exact) mass is 374 g/mol. The third-order valence-corrected chi connectivity index (χ3v) is 6.17. The van der Waals surface area contributed by atoms with Gasteiger partial charge in [-0.1, -0.05) is 12.5 Å². The predicted octanol–water partition coefficient (Wildman–Crippen LogP) is 2.75. The maximum atomic E-state index is 13.0. The molecule has 1 aliphatic heterocycles. The van der Waals surface area contributed by atoms with E-state index >= 15 is 0 Å². The van der Waals surface area contributed by atoms with Gasteiger partial charge in [-0.05, 0) is 31.0 Å². The number of aromatic nitrogens is 3. The Morgan fingerprint density at radius 3 is 2.64 bits per heavy atom. The van der Waals surface area contributed by atoms with E-state index < -0.39 is 27.8 Å². The fourth-order valence-electron chi connectivity index (χ4n) is 3.01. The van der Waals surface area contributed by atoms with Gasteiger partial charge >= 0.3 is 6.18 Å². The van der Waals surface area contributed by atoms with E-state index in [1.165, 1.54) is 16.7 Å². The molecule has 0 amide bonds. The molecule has 0 spiro atoms. The Labute approximate surface area is 143 Å². The first-order chi connectivity index (χ1) is 11.7. The predicted molar refractivity (Wildman–Crippen MR) is 82.9 cm³/mol. The molecule has 136 valence electrons. The number of aryl methyl sites for hydroxylation is 1. The van der Waals surface area contributed by atoms with Gasteiger partial charge in [0, 0.05) is 13.6 Å². The van der Waals surface area contributed by atoms with Gasteiger partial charge in [-0.15, -0.1) is 10.2 Å². The first-order valence-corrected chi connectivity index (χ1v) is 9.18. The van der Waals surface area contributed by atoms with Crippen molar-refractivity contribution in [1.29, 1.82) is 0 Å². The molecule has 0 N–H and O–H groups in total. The average molecular weight is 374 g/mol. The summed E-state index contributed by atoms with van der Waals surface area (Å²) in [5.41, 5.74) is -0.985. The van der Waals surface area contributed by atoms with Gasteiger partial charge < -0.3 is 4.57 Å². The Kier molecular flexibility index (Phi) is 4.58. The molecule has 0 aliphatic carbocycles. The third kappa shape index (κ3) is 3.40. The lowest BCUT2D eigenvalue weighted by molar-refractivity contribution is -0.137. The normalized spacial score (nSPS) is 19.9. The molecule has 6 nitrogen and oxygen atoms in total. The van der Waals surface area contributed by atoms with E-state index in [9.17, 15) is 21.6 Å². The molecular weight excluding hydrogens is 357 g/mol. The number of halogens is 3. The summed E-state index contributed by atoms with van der Waals surface area (Å²) >= 11 is 0. The van der Waals surface area contributed by atoms with Crippen LogP contribution in [0.25, 0.3) is 0 Å². The van der Waals surface area contributed by atoms with Crippen LogP contribution in [-0.4, -0.2) is 34.0 Å². The number of nitrogens with zero attached hydrogens (tertiary/aromatic N) is 4. The van der Waals surface area contributed by atoms with E-state index in [0.717, 1.165) is 18.6 Å². The number of benzene rings is 1. The fraction of sp³-hybridized carbons (Fsp3) is 0.467. The number of hydrogen-bond donors (Lipinski definition) is 0. The van der Waals surface area contributed by atoms with Crippen LogP contribution in [0.15, 0.2) is 35.5 Å². The average Bonchev–Trinajstić information content (AvgIpc) is 3.00. The Morgan fingerprint density at radius 2 is 2.00 bits per heavy atom. The minimum atomic E-state index is -4.60. The summed E-state index contributed by atoms with van der Waals surface area (Å²) in [6.45, 7) is 0.232. The van der Waals surface area contributed by atoms with Crippen LogP contribution in [0.4, 0.5) is 13.2 Å². The topological polar surface area (TPSA) is 68.1 Å². The van der Waals surface area contributed by atoms with Crippen molar-refractivity contribution in [2.45, 2.75) is 36.4 Å². The summed E-state index contributed by atoms with van der Waals surface area (Å²) < 4.78 is 67.6. The van der Waals surface area contributed by atoms with Crippen molar-refractivity contribution in [3.63, 3.8) is 0 Å². The largest absolute Gasteiger partial charge is 0.416 e. The van der Waals surface area contributed by atoms with E-state index in [4.69, 9.17) is 0 Å². The summed E-state index contributed by atoms with van der Waals surface area (Å²) in [4.78, 5) is -0.364. The number of sulfonamides is 1. The molecule has 25 heavy (non-hydrogen) atoms. The highest BCUT2D eigenvalue weighted by Crippen LogP contribution is 2.36. The second kappa shape index (κ2) is 6.41. The van der Waals surface area contributed by atoms with E-state index in [1.807, 2.05) is 0 Å². The van der Waals surface area contributed by atoms with Gasteiger partial charge in [0.1, 0.15) is 6.33 Å². The van der Waals surface area contributed by atoms with Crippen LogP contribution in [0, 0.1) is 0 Å². The molecule has 3 rings (SSSR count). The second-order valence-electron chi connectivity index (χ2n) is 5.95. The zero-order valence-corrected chi connectivity index (χ0v) is 14.3. The summed E-state index contributed by atoms with van der Waals surface area (Å²) in [6.07, 6.45) is -1.13. The highest BCUT2D eigenvalue weighted by Gasteiger charge is 2.38. The Hall–Kier alpha value is -1.94. The van der Waals surface area contributed by atoms with E-state index in [2.05, 4.69) is 10.2 Å². The minimum absolute atomic E-state index is 0.232. The van der Waals surface area contributed by atoms with E-state index in [-0.39, 0.29) is 11.4 Å². The SMILES string of the molecule is Cn1cnnc1C1CCCCN1S(=O)(=O)c1cccc(C(F)(F)F)c1. The first-order valence-electron chi connectivity index (χ1n) is 7.74. The van der Waals surface area contributed by atoms with Gasteiger partial charge in [-0.3, -0.25) is 0 Å². The summed E-state index contributed by atoms with van der Waals surface area (Å²) in [7, 11) is -2.38. The fourth-order valence-corrected chi connectivity index (χ4v) is 4.71. The second-order valence-corrected chi connectivity index (χ2v) is 7.84. The van der Waals surface area contributed by atoms with Gasteiger partial charge in [0.15, 0.2) is 5.82 Å². The van der Waals surface area contributed by atoms with Crippen molar-refractivity contribution in [1.82, 2.24) is 19.1 Å². The molecule has 1 atom stereocenters. The number of alkyl halides is 3. The van der Waals surface area contributed by atoms with Gasteiger partial charge in [0.25, 0.3) is 0 Å². The number of hydrogen-bond acceptors (Lipinski definition) is 4. The third-order valence-electron chi connectivity index (χ3n) is 4.27. The zero-order chi connectivity index (χ0) is 18.2. The molecule has 1 saturated heterocycles. The van der Waals surface area contributed by atoms with Gasteiger partial charge in [0.2, 0.25) is 10.0 Å². The number of rotatable bonds is 3. The van der Waals surface area contributed by atoms with E-state index in [0.29, 0.717) is 24.7 Å². The Balaban J connectivity index is 2.02. The maximum absolute atomic E-state index is 13.0. The highest BCUT2D eigenvalue weighted by atomic mass is 32.2. The standard InChI is InChI=1S/C15H17F3N4O2S/c1-21-10-19-20-14(21)13-7-2-3-8-22(13)25(23,24)12-6-4-5-11(9-12)15(16,17)18/h4-6,9-10,13H,2-3,7-8H2,1H3. The zero-order valence-electron chi connectivity index (χ0n) is 13.4. The van der Waals surface area contributed by atoms with Gasteiger partial charge in [-0.25, -0.2) is 8.42 Å². The van der Waals surface area contributed by atoms with Crippen molar-refractivity contribution in [3.8, 4) is 0 Å². The van der Waals surface area contributed by atoms with Crippen molar-refractivity contribution in [3.05, 3.63) is 42.0 Å². The van der Waals surface area contributed by atoms with Crippen LogP contribution >= 0.6 is 0 Å². The van der Waals surface area contributed by atoms with Gasteiger partial charge in [-0.2, -0.15) is 17.5 Å². The molecule has 2 aromatic rings. The first kappa shape index (κ1) is 17.9. The molecule has 1 fully saturated rings. The van der Waals surface area contributed by atoms with Crippen molar-refractivity contribution in [2.75, 3.05) is 6.54 Å². The molecule has 1 aromatic carbocycles. The van der Waals surface area contributed by atoms with Crippen LogP contribution in [0.5, 0.6) is 0 Å². The van der Waals surface area contributed by atoms with Crippen LogP contribution < -0.4 is 0 Å². The van der Waals surface area contributed by atoms with Gasteiger partial charge in [0.05, 0.1) is 16.5 Å². The molecule has 1 aliphatic rings. The Bertz CT molecular complexity index is 864. The van der Waals surface area contributed by atoms with Crippen LogP contribution in [0.2, 0.25) is 0 Å². The quantitative estimate of drug-likeness (QED) is 0.829. The van der Waals surface area contributed by atoms with Crippen LogP contribution in [0.3, 0.4) is 0 Å². The van der Waals surface area contributed by atoms with Crippen molar-refractivity contribution >= 4 is 10.0 Å². The summed E-state index contributed by atoms with van der Waals surface area (Å²) in [5, 5.41) is 7.76. The number of piperidine rings is 1. The lowest BCUT2D eigenvalue weighted by atomic mass is 10.0. The van der Waals surface area contributed by atoms with Crippen molar-refractivity contribution < 1.29 is 21.6 Å². The van der Waals surface area contributed by atoms with Crippen molar-refractivity contribution in [2.24, 2.45) is 7.05 Å². The lowest BCUT2D eigenvalue weighted by Gasteiger charge is -2.33. The maximum Gasteiger partial charge on any atom is 0.416 e. The molecule has 0 saturated carbocycles. The molecule has 0 bridgehead atoms. The highest BCUT2D eigenvalue weighted by molar-refractivity contribution is 7.89. The Morgan fingerprint density at radius 1 is 1.24 bits per heavy atom. The van der Waals surface area contributed by atoms with Crippen LogP contribution in [-0.2, 0) is 23.2 Å². The lowest BCUT2D eigenvalue weighted by Crippen LogP contribution is -2.39. The van der Waals surface area contributed by atoms with Crippen LogP contribution in [0.1, 0.15) is 36.7 Å². The molecule has 10 heteroatoms.